The molecule has 2 rings (SSSR count). The number of hydrogen-bond acceptors (Lipinski definition) is 4. The molecule has 4 heteroatoms. The van der Waals surface area contributed by atoms with Crippen LogP contribution in [-0.2, 0) is 0 Å². The molecule has 90 valence electrons. The summed E-state index contributed by atoms with van der Waals surface area (Å²) in [5.41, 5.74) is 7.36. The predicted octanol–water partition coefficient (Wildman–Crippen LogP) is 2.77. The van der Waals surface area contributed by atoms with Crippen molar-refractivity contribution < 1.29 is 4.74 Å². The molecule has 0 amide bonds. The smallest absolute Gasteiger partial charge is 0.219 e. The van der Waals surface area contributed by atoms with Gasteiger partial charge in [-0.25, -0.2) is 4.98 Å². The van der Waals surface area contributed by atoms with Crippen LogP contribution in [0.2, 0.25) is 0 Å². The van der Waals surface area contributed by atoms with Crippen LogP contribution < -0.4 is 10.5 Å². The molecule has 0 saturated heterocycles. The van der Waals surface area contributed by atoms with Crippen molar-refractivity contribution >= 4 is 0 Å². The highest BCUT2D eigenvalue weighted by atomic mass is 16.5. The Hall–Kier alpha value is -2.38. The van der Waals surface area contributed by atoms with E-state index in [0.717, 1.165) is 5.56 Å². The third-order valence-electron chi connectivity index (χ3n) is 2.49. The summed E-state index contributed by atoms with van der Waals surface area (Å²) in [5.74, 6) is 1.14. The minimum Gasteiger partial charge on any atom is -0.439 e. The number of pyridine rings is 1. The topological polar surface area (TPSA) is 71.9 Å². The molecule has 4 nitrogen and oxygen atoms in total. The van der Waals surface area contributed by atoms with Gasteiger partial charge >= 0.3 is 0 Å². The Kier molecular flexibility index (Phi) is 3.56. The van der Waals surface area contributed by atoms with Crippen molar-refractivity contribution in [3.63, 3.8) is 0 Å². The van der Waals surface area contributed by atoms with Crippen LogP contribution >= 0.6 is 0 Å². The second kappa shape index (κ2) is 5.30. The molecule has 0 spiro atoms. The van der Waals surface area contributed by atoms with Gasteiger partial charge in [0.05, 0.1) is 11.6 Å². The highest BCUT2D eigenvalue weighted by Crippen LogP contribution is 2.21. The van der Waals surface area contributed by atoms with Crippen LogP contribution in [0.15, 0.2) is 42.6 Å². The van der Waals surface area contributed by atoms with Gasteiger partial charge in [0.25, 0.3) is 0 Å². The minimum absolute atomic E-state index is 0.0590. The van der Waals surface area contributed by atoms with Gasteiger partial charge < -0.3 is 10.5 Å². The average molecular weight is 239 g/mol. The summed E-state index contributed by atoms with van der Waals surface area (Å²) in [4.78, 5) is 4.12. The zero-order valence-corrected chi connectivity index (χ0v) is 10.00. The van der Waals surface area contributed by atoms with Crippen LogP contribution in [0.1, 0.15) is 24.1 Å². The van der Waals surface area contributed by atoms with Crippen molar-refractivity contribution in [1.29, 1.82) is 5.26 Å². The minimum atomic E-state index is -0.0590. The van der Waals surface area contributed by atoms with Crippen molar-refractivity contribution in [2.24, 2.45) is 5.73 Å². The summed E-state index contributed by atoms with van der Waals surface area (Å²) in [6.45, 7) is 1.90. The van der Waals surface area contributed by atoms with Gasteiger partial charge in [-0.15, -0.1) is 0 Å². The fraction of sp³-hybridized carbons (Fsp3) is 0.143. The van der Waals surface area contributed by atoms with Crippen LogP contribution in [0, 0.1) is 11.3 Å². The van der Waals surface area contributed by atoms with Crippen molar-refractivity contribution in [2.75, 3.05) is 0 Å². The zero-order chi connectivity index (χ0) is 13.0. The van der Waals surface area contributed by atoms with Crippen LogP contribution in [0.3, 0.4) is 0 Å². The van der Waals surface area contributed by atoms with Gasteiger partial charge in [-0.05, 0) is 42.8 Å². The third kappa shape index (κ3) is 2.84. The molecule has 0 saturated carbocycles. The van der Waals surface area contributed by atoms with E-state index in [1.807, 2.05) is 19.1 Å². The van der Waals surface area contributed by atoms with Crippen molar-refractivity contribution in [2.45, 2.75) is 13.0 Å². The number of rotatable bonds is 3. The molecule has 2 aromatic rings. The molecule has 0 radical (unpaired) electrons. The first-order chi connectivity index (χ1) is 8.69. The second-order valence-electron chi connectivity index (χ2n) is 3.95. The molecular formula is C14H13N3O. The van der Waals surface area contributed by atoms with E-state index in [0.29, 0.717) is 17.2 Å². The van der Waals surface area contributed by atoms with Gasteiger partial charge in [-0.1, -0.05) is 0 Å². The van der Waals surface area contributed by atoms with Gasteiger partial charge in [-0.3, -0.25) is 0 Å². The number of ether oxygens (including phenoxy) is 1. The predicted molar refractivity (Wildman–Crippen MR) is 68.1 cm³/mol. The van der Waals surface area contributed by atoms with Crippen molar-refractivity contribution in [1.82, 2.24) is 4.98 Å². The Balaban J connectivity index is 2.18. The molecular weight excluding hydrogens is 226 g/mol. The molecule has 0 fully saturated rings. The van der Waals surface area contributed by atoms with E-state index in [-0.39, 0.29) is 6.04 Å². The fourth-order valence-electron chi connectivity index (χ4n) is 1.48. The zero-order valence-electron chi connectivity index (χ0n) is 10.00. The molecule has 0 aliphatic rings. The highest BCUT2D eigenvalue weighted by Gasteiger charge is 2.03. The van der Waals surface area contributed by atoms with Crippen LogP contribution in [-0.4, -0.2) is 4.98 Å². The molecule has 1 atom stereocenters. The Morgan fingerprint density at radius 1 is 1.28 bits per heavy atom. The summed E-state index contributed by atoms with van der Waals surface area (Å²) in [6, 6.07) is 12.5. The Labute approximate surface area is 106 Å². The van der Waals surface area contributed by atoms with E-state index >= 15 is 0 Å². The summed E-state index contributed by atoms with van der Waals surface area (Å²) in [6.07, 6.45) is 1.66. The molecule has 2 N–H and O–H groups in total. The maximum Gasteiger partial charge on any atom is 0.219 e. The molecule has 0 unspecified atom stereocenters. The number of aromatic nitrogens is 1. The van der Waals surface area contributed by atoms with Gasteiger partial charge in [0.1, 0.15) is 5.75 Å². The normalized spacial score (nSPS) is 11.6. The number of benzene rings is 1. The average Bonchev–Trinajstić information content (AvgIpc) is 2.40. The molecule has 0 aliphatic heterocycles. The third-order valence-corrected chi connectivity index (χ3v) is 2.49. The standard InChI is InChI=1S/C14H13N3O/c1-10(16)12-6-7-17-14(8-12)18-13-4-2-11(9-15)3-5-13/h2-8,10H,16H2,1H3/t10-/m1/s1. The van der Waals surface area contributed by atoms with Crippen molar-refractivity contribution in [3.8, 4) is 17.7 Å². The largest absolute Gasteiger partial charge is 0.439 e. The fourth-order valence-corrected chi connectivity index (χ4v) is 1.48. The van der Waals surface area contributed by atoms with Crippen molar-refractivity contribution in [3.05, 3.63) is 53.7 Å². The van der Waals surface area contributed by atoms with Crippen LogP contribution in [0.4, 0.5) is 0 Å². The molecule has 18 heavy (non-hydrogen) atoms. The maximum atomic E-state index is 8.70. The van der Waals surface area contributed by atoms with E-state index in [2.05, 4.69) is 11.1 Å². The summed E-state index contributed by atoms with van der Waals surface area (Å²) >= 11 is 0. The van der Waals surface area contributed by atoms with Gasteiger partial charge in [0.2, 0.25) is 5.88 Å². The van der Waals surface area contributed by atoms with E-state index < -0.39 is 0 Å². The lowest BCUT2D eigenvalue weighted by atomic mass is 10.1. The molecule has 0 bridgehead atoms. The maximum absolute atomic E-state index is 8.70. The van der Waals surface area contributed by atoms with Gasteiger partial charge in [-0.2, -0.15) is 5.26 Å². The SMILES string of the molecule is C[C@@H](N)c1ccnc(Oc2ccc(C#N)cc2)c1. The lowest BCUT2D eigenvalue weighted by molar-refractivity contribution is 0.461. The lowest BCUT2D eigenvalue weighted by Gasteiger charge is -2.08. The number of nitrogens with zero attached hydrogens (tertiary/aromatic N) is 2. The van der Waals surface area contributed by atoms with Gasteiger partial charge in [0, 0.05) is 18.3 Å². The molecule has 1 aromatic carbocycles. The molecule has 1 heterocycles. The first kappa shape index (κ1) is 12.1. The van der Waals surface area contributed by atoms with Crippen LogP contribution in [0.25, 0.3) is 0 Å². The Morgan fingerprint density at radius 2 is 2.00 bits per heavy atom. The monoisotopic (exact) mass is 239 g/mol. The van der Waals surface area contributed by atoms with Crippen LogP contribution in [0.5, 0.6) is 11.6 Å². The second-order valence-corrected chi connectivity index (χ2v) is 3.95. The molecule has 1 aromatic heterocycles. The number of nitrogens with two attached hydrogens (primary N) is 1. The highest BCUT2D eigenvalue weighted by molar-refractivity contribution is 5.36. The quantitative estimate of drug-likeness (QED) is 0.893. The Morgan fingerprint density at radius 3 is 2.61 bits per heavy atom. The van der Waals surface area contributed by atoms with E-state index in [9.17, 15) is 0 Å². The summed E-state index contributed by atoms with van der Waals surface area (Å²) < 4.78 is 5.59. The first-order valence-electron chi connectivity index (χ1n) is 5.58. The lowest BCUT2D eigenvalue weighted by Crippen LogP contribution is -2.05. The molecule has 0 aliphatic carbocycles. The Bertz CT molecular complexity index is 570. The summed E-state index contributed by atoms with van der Waals surface area (Å²) in [5, 5.41) is 8.70. The summed E-state index contributed by atoms with van der Waals surface area (Å²) in [7, 11) is 0. The van der Waals surface area contributed by atoms with E-state index in [4.69, 9.17) is 15.7 Å². The number of hydrogen-bond donors (Lipinski definition) is 1. The number of nitriles is 1. The van der Waals surface area contributed by atoms with Gasteiger partial charge in [0.15, 0.2) is 0 Å². The van der Waals surface area contributed by atoms with E-state index in [1.54, 1.807) is 30.5 Å². The first-order valence-corrected chi connectivity index (χ1v) is 5.58. The van der Waals surface area contributed by atoms with E-state index in [1.165, 1.54) is 0 Å².